The second kappa shape index (κ2) is 7.85. The number of piperazine rings is 1. The highest BCUT2D eigenvalue weighted by Gasteiger charge is 2.28. The number of ether oxygens (including phenoxy) is 1. The summed E-state index contributed by atoms with van der Waals surface area (Å²) in [5.41, 5.74) is 0.742. The lowest BCUT2D eigenvalue weighted by Crippen LogP contribution is -2.51. The molecule has 1 saturated heterocycles. The highest BCUT2D eigenvalue weighted by molar-refractivity contribution is 7.89. The SMILES string of the molecule is COCCS(=O)(=O)N1CCN(C(=O)Cc2ccc(F)cc2)CC1. The second-order valence-corrected chi connectivity index (χ2v) is 7.48. The van der Waals surface area contributed by atoms with E-state index >= 15 is 0 Å². The molecule has 1 aliphatic heterocycles. The van der Waals surface area contributed by atoms with Gasteiger partial charge in [0.2, 0.25) is 15.9 Å². The van der Waals surface area contributed by atoms with E-state index < -0.39 is 10.0 Å². The number of nitrogens with zero attached hydrogens (tertiary/aromatic N) is 2. The maximum atomic E-state index is 12.9. The maximum Gasteiger partial charge on any atom is 0.227 e. The fourth-order valence-electron chi connectivity index (χ4n) is 2.42. The standard InChI is InChI=1S/C15H21FN2O4S/c1-22-10-11-23(20,21)18-8-6-17(7-9-18)15(19)12-13-2-4-14(16)5-3-13/h2-5H,6-12H2,1H3. The Morgan fingerprint density at radius 2 is 1.78 bits per heavy atom. The predicted octanol–water partition coefficient (Wildman–Crippen LogP) is 0.489. The van der Waals surface area contributed by atoms with Gasteiger partial charge in [-0.05, 0) is 17.7 Å². The van der Waals surface area contributed by atoms with Gasteiger partial charge in [0.05, 0.1) is 18.8 Å². The summed E-state index contributed by atoms with van der Waals surface area (Å²) in [4.78, 5) is 13.9. The van der Waals surface area contributed by atoms with Crippen molar-refractivity contribution in [3.8, 4) is 0 Å². The molecule has 0 bridgehead atoms. The molecule has 2 rings (SSSR count). The molecular weight excluding hydrogens is 323 g/mol. The van der Waals surface area contributed by atoms with Crippen molar-refractivity contribution < 1.29 is 22.3 Å². The number of carbonyl (C=O) groups is 1. The van der Waals surface area contributed by atoms with Crippen LogP contribution in [0.15, 0.2) is 24.3 Å². The van der Waals surface area contributed by atoms with Gasteiger partial charge in [0.1, 0.15) is 5.82 Å². The molecule has 0 N–H and O–H groups in total. The van der Waals surface area contributed by atoms with Crippen LogP contribution in [0.5, 0.6) is 0 Å². The van der Waals surface area contributed by atoms with Gasteiger partial charge >= 0.3 is 0 Å². The molecule has 0 aliphatic carbocycles. The summed E-state index contributed by atoms with van der Waals surface area (Å²) in [5.74, 6) is -0.464. The smallest absolute Gasteiger partial charge is 0.227 e. The van der Waals surface area contributed by atoms with Crippen LogP contribution in [0, 0.1) is 5.82 Å². The minimum absolute atomic E-state index is 0.0486. The highest BCUT2D eigenvalue weighted by Crippen LogP contribution is 2.11. The number of rotatable bonds is 6. The number of carbonyl (C=O) groups excluding carboxylic acids is 1. The van der Waals surface area contributed by atoms with Crippen molar-refractivity contribution in [3.05, 3.63) is 35.6 Å². The zero-order valence-electron chi connectivity index (χ0n) is 13.1. The zero-order valence-corrected chi connectivity index (χ0v) is 13.9. The quantitative estimate of drug-likeness (QED) is 0.753. The van der Waals surface area contributed by atoms with Crippen LogP contribution in [0.1, 0.15) is 5.56 Å². The fourth-order valence-corrected chi connectivity index (χ4v) is 3.78. The molecule has 0 radical (unpaired) electrons. The van der Waals surface area contributed by atoms with Gasteiger partial charge in [-0.3, -0.25) is 4.79 Å². The van der Waals surface area contributed by atoms with Crippen LogP contribution in [0.2, 0.25) is 0 Å². The zero-order chi connectivity index (χ0) is 16.9. The van der Waals surface area contributed by atoms with Gasteiger partial charge in [0.25, 0.3) is 0 Å². The monoisotopic (exact) mass is 344 g/mol. The van der Waals surface area contributed by atoms with E-state index in [4.69, 9.17) is 4.74 Å². The third-order valence-electron chi connectivity index (χ3n) is 3.80. The van der Waals surface area contributed by atoms with E-state index in [-0.39, 0.29) is 30.5 Å². The first-order valence-electron chi connectivity index (χ1n) is 7.41. The summed E-state index contributed by atoms with van der Waals surface area (Å²) in [6.45, 7) is 1.48. The van der Waals surface area contributed by atoms with Crippen LogP contribution in [0.25, 0.3) is 0 Å². The number of sulfonamides is 1. The topological polar surface area (TPSA) is 66.9 Å². The summed E-state index contributed by atoms with van der Waals surface area (Å²) >= 11 is 0. The van der Waals surface area contributed by atoms with Crippen molar-refractivity contribution >= 4 is 15.9 Å². The Morgan fingerprint density at radius 3 is 2.35 bits per heavy atom. The molecule has 1 fully saturated rings. The first-order valence-corrected chi connectivity index (χ1v) is 9.02. The summed E-state index contributed by atoms with van der Waals surface area (Å²) in [7, 11) is -1.87. The van der Waals surface area contributed by atoms with Gasteiger partial charge in [0, 0.05) is 33.3 Å². The fraction of sp³-hybridized carbons (Fsp3) is 0.533. The second-order valence-electron chi connectivity index (χ2n) is 5.39. The average Bonchev–Trinajstić information content (AvgIpc) is 2.55. The van der Waals surface area contributed by atoms with Crippen molar-refractivity contribution in [3.63, 3.8) is 0 Å². The maximum absolute atomic E-state index is 12.9. The van der Waals surface area contributed by atoms with E-state index in [1.807, 2.05) is 0 Å². The molecule has 0 saturated carbocycles. The summed E-state index contributed by atoms with van der Waals surface area (Å²) in [5, 5.41) is 0. The van der Waals surface area contributed by atoms with Gasteiger partial charge in [-0.25, -0.2) is 12.8 Å². The van der Waals surface area contributed by atoms with Crippen LogP contribution in [0.3, 0.4) is 0 Å². The Hall–Kier alpha value is -1.51. The van der Waals surface area contributed by atoms with Crippen LogP contribution < -0.4 is 0 Å². The average molecular weight is 344 g/mol. The largest absolute Gasteiger partial charge is 0.384 e. The van der Waals surface area contributed by atoms with E-state index in [2.05, 4.69) is 0 Å². The minimum Gasteiger partial charge on any atom is -0.384 e. The number of halogens is 1. The van der Waals surface area contributed by atoms with Gasteiger partial charge in [0.15, 0.2) is 0 Å². The molecule has 6 nitrogen and oxygen atoms in total. The number of methoxy groups -OCH3 is 1. The molecule has 23 heavy (non-hydrogen) atoms. The molecule has 1 aromatic carbocycles. The van der Waals surface area contributed by atoms with Crippen molar-refractivity contribution in [2.45, 2.75) is 6.42 Å². The van der Waals surface area contributed by atoms with E-state index in [1.54, 1.807) is 17.0 Å². The lowest BCUT2D eigenvalue weighted by Gasteiger charge is -2.34. The van der Waals surface area contributed by atoms with E-state index in [0.29, 0.717) is 26.2 Å². The van der Waals surface area contributed by atoms with Crippen molar-refractivity contribution in [1.29, 1.82) is 0 Å². The summed E-state index contributed by atoms with van der Waals surface area (Å²) < 4.78 is 43.2. The molecule has 128 valence electrons. The highest BCUT2D eigenvalue weighted by atomic mass is 32.2. The van der Waals surface area contributed by atoms with Crippen LogP contribution in [-0.2, 0) is 26.0 Å². The predicted molar refractivity (Wildman–Crippen MR) is 83.9 cm³/mol. The van der Waals surface area contributed by atoms with E-state index in [9.17, 15) is 17.6 Å². The molecular formula is C15H21FN2O4S. The first-order chi connectivity index (χ1) is 10.9. The number of benzene rings is 1. The summed E-state index contributed by atoms with van der Waals surface area (Å²) in [6, 6.07) is 5.81. The van der Waals surface area contributed by atoms with E-state index in [0.717, 1.165) is 5.56 Å². The Labute approximate surface area is 135 Å². The van der Waals surface area contributed by atoms with Gasteiger partial charge < -0.3 is 9.64 Å². The molecule has 0 spiro atoms. The summed E-state index contributed by atoms with van der Waals surface area (Å²) in [6.07, 6.45) is 0.191. The Morgan fingerprint density at radius 1 is 1.17 bits per heavy atom. The number of hydrogen-bond acceptors (Lipinski definition) is 4. The molecule has 1 aromatic rings. The van der Waals surface area contributed by atoms with Crippen molar-refractivity contribution in [2.75, 3.05) is 45.6 Å². The van der Waals surface area contributed by atoms with Gasteiger partial charge in [-0.1, -0.05) is 12.1 Å². The molecule has 1 amide bonds. The van der Waals surface area contributed by atoms with E-state index in [1.165, 1.54) is 23.5 Å². The normalized spacial score (nSPS) is 16.5. The van der Waals surface area contributed by atoms with Crippen molar-refractivity contribution in [1.82, 2.24) is 9.21 Å². The van der Waals surface area contributed by atoms with Crippen LogP contribution in [-0.4, -0.2) is 69.2 Å². The molecule has 8 heteroatoms. The first kappa shape index (κ1) is 17.8. The molecule has 1 heterocycles. The Bertz CT molecular complexity index is 625. The van der Waals surface area contributed by atoms with Crippen molar-refractivity contribution in [2.24, 2.45) is 0 Å². The third-order valence-corrected chi connectivity index (χ3v) is 5.63. The number of hydrogen-bond donors (Lipinski definition) is 0. The molecule has 0 aromatic heterocycles. The Balaban J connectivity index is 1.86. The molecule has 0 unspecified atom stereocenters. The lowest BCUT2D eigenvalue weighted by atomic mass is 10.1. The Kier molecular flexibility index (Phi) is 6.09. The van der Waals surface area contributed by atoms with Gasteiger partial charge in [-0.15, -0.1) is 0 Å². The van der Waals surface area contributed by atoms with Gasteiger partial charge in [-0.2, -0.15) is 4.31 Å². The third kappa shape index (κ3) is 4.98. The lowest BCUT2D eigenvalue weighted by molar-refractivity contribution is -0.131. The molecule has 0 atom stereocenters. The number of amides is 1. The van der Waals surface area contributed by atoms with Crippen LogP contribution in [0.4, 0.5) is 4.39 Å². The minimum atomic E-state index is -3.33. The van der Waals surface area contributed by atoms with Crippen LogP contribution >= 0.6 is 0 Å². The molecule has 1 aliphatic rings.